The van der Waals surface area contributed by atoms with Crippen molar-refractivity contribution in [2.75, 3.05) is 12.3 Å². The molecule has 2 unspecified atom stereocenters. The number of hydrogen-bond donors (Lipinski definition) is 2. The molecule has 2 saturated carbocycles. The van der Waals surface area contributed by atoms with E-state index in [1.54, 1.807) is 0 Å². The number of rotatable bonds is 6. The van der Waals surface area contributed by atoms with Crippen LogP contribution in [-0.4, -0.2) is 35.5 Å². The number of carbonyl (C=O) groups is 1. The molecular formula is C15H28N2OS. The van der Waals surface area contributed by atoms with Crippen molar-refractivity contribution >= 4 is 17.7 Å². The number of carbonyl (C=O) groups excluding carboxylic acids is 1. The minimum atomic E-state index is 0.193. The van der Waals surface area contributed by atoms with Crippen LogP contribution in [0.15, 0.2) is 0 Å². The Morgan fingerprint density at radius 1 is 1.11 bits per heavy atom. The summed E-state index contributed by atoms with van der Waals surface area (Å²) in [5, 5.41) is 7.42. The van der Waals surface area contributed by atoms with Gasteiger partial charge in [0.1, 0.15) is 0 Å². The van der Waals surface area contributed by atoms with E-state index in [9.17, 15) is 4.79 Å². The van der Waals surface area contributed by atoms with Gasteiger partial charge in [-0.05, 0) is 37.9 Å². The lowest BCUT2D eigenvalue weighted by Crippen LogP contribution is -2.43. The van der Waals surface area contributed by atoms with Gasteiger partial charge in [0.05, 0.1) is 6.54 Å². The van der Waals surface area contributed by atoms with Gasteiger partial charge in [-0.15, -0.1) is 0 Å². The average molecular weight is 284 g/mol. The van der Waals surface area contributed by atoms with Crippen molar-refractivity contribution < 1.29 is 4.79 Å². The maximum Gasteiger partial charge on any atom is 0.234 e. The zero-order valence-electron chi connectivity index (χ0n) is 12.1. The lowest BCUT2D eigenvalue weighted by Gasteiger charge is -2.23. The summed E-state index contributed by atoms with van der Waals surface area (Å²) in [6.45, 7) is 2.73. The van der Waals surface area contributed by atoms with E-state index in [2.05, 4.69) is 29.3 Å². The average Bonchev–Trinajstić information content (AvgIpc) is 2.86. The largest absolute Gasteiger partial charge is 0.352 e. The van der Waals surface area contributed by atoms with Gasteiger partial charge in [-0.3, -0.25) is 4.79 Å². The molecule has 0 aromatic rings. The van der Waals surface area contributed by atoms with Gasteiger partial charge in [0.2, 0.25) is 5.91 Å². The van der Waals surface area contributed by atoms with Crippen molar-refractivity contribution in [3.8, 4) is 0 Å². The Morgan fingerprint density at radius 3 is 2.63 bits per heavy atom. The fourth-order valence-corrected chi connectivity index (χ4v) is 4.42. The highest BCUT2D eigenvalue weighted by Gasteiger charge is 2.24. The summed E-state index contributed by atoms with van der Waals surface area (Å²) < 4.78 is 0. The van der Waals surface area contributed by atoms with Gasteiger partial charge in [0, 0.05) is 17.3 Å². The molecule has 0 aromatic carbocycles. The van der Waals surface area contributed by atoms with Crippen molar-refractivity contribution in [3.63, 3.8) is 0 Å². The lowest BCUT2D eigenvalue weighted by atomic mass is 9.95. The van der Waals surface area contributed by atoms with Gasteiger partial charge in [-0.2, -0.15) is 11.8 Å². The first-order valence-corrected chi connectivity index (χ1v) is 8.97. The zero-order valence-corrected chi connectivity index (χ0v) is 12.9. The SMILES string of the molecule is CCSC1CCC(NCC(=O)NC2CCCCC2)C1. The van der Waals surface area contributed by atoms with Crippen molar-refractivity contribution in [1.29, 1.82) is 0 Å². The fourth-order valence-electron chi connectivity index (χ4n) is 3.28. The highest BCUT2D eigenvalue weighted by atomic mass is 32.2. The number of amides is 1. The lowest BCUT2D eigenvalue weighted by molar-refractivity contribution is -0.121. The molecule has 0 heterocycles. The Hall–Kier alpha value is -0.220. The Bertz CT molecular complexity index is 279. The predicted molar refractivity (Wildman–Crippen MR) is 82.6 cm³/mol. The second-order valence-corrected chi connectivity index (χ2v) is 7.45. The first kappa shape index (κ1) is 15.2. The van der Waals surface area contributed by atoms with E-state index in [0.717, 1.165) is 5.25 Å². The second kappa shape index (κ2) is 8.15. The summed E-state index contributed by atoms with van der Waals surface area (Å²) in [6.07, 6.45) is 10.00. The van der Waals surface area contributed by atoms with Crippen LogP contribution in [-0.2, 0) is 4.79 Å². The molecule has 0 aromatic heterocycles. The summed E-state index contributed by atoms with van der Waals surface area (Å²) >= 11 is 2.06. The van der Waals surface area contributed by atoms with Crippen molar-refractivity contribution in [2.45, 2.75) is 75.6 Å². The van der Waals surface area contributed by atoms with Crippen molar-refractivity contribution in [2.24, 2.45) is 0 Å². The van der Waals surface area contributed by atoms with Crippen LogP contribution in [0.2, 0.25) is 0 Å². The van der Waals surface area contributed by atoms with E-state index in [-0.39, 0.29) is 5.91 Å². The maximum absolute atomic E-state index is 11.9. The van der Waals surface area contributed by atoms with E-state index >= 15 is 0 Å². The molecule has 110 valence electrons. The Balaban J connectivity index is 1.58. The second-order valence-electron chi connectivity index (χ2n) is 5.87. The molecule has 2 N–H and O–H groups in total. The molecule has 4 heteroatoms. The molecule has 2 aliphatic rings. The normalized spacial score (nSPS) is 28.5. The molecule has 0 radical (unpaired) electrons. The van der Waals surface area contributed by atoms with Crippen molar-refractivity contribution in [3.05, 3.63) is 0 Å². The minimum absolute atomic E-state index is 0.193. The Labute approximate surface area is 121 Å². The van der Waals surface area contributed by atoms with E-state index in [0.29, 0.717) is 18.6 Å². The number of nitrogens with one attached hydrogen (secondary N) is 2. The third-order valence-corrected chi connectivity index (χ3v) is 5.54. The van der Waals surface area contributed by atoms with Crippen LogP contribution in [0.1, 0.15) is 58.3 Å². The molecule has 1 amide bonds. The smallest absolute Gasteiger partial charge is 0.234 e. The fraction of sp³-hybridized carbons (Fsp3) is 0.933. The van der Waals surface area contributed by atoms with Gasteiger partial charge < -0.3 is 10.6 Å². The number of hydrogen-bond acceptors (Lipinski definition) is 3. The summed E-state index contributed by atoms with van der Waals surface area (Å²) in [5.74, 6) is 1.40. The van der Waals surface area contributed by atoms with Gasteiger partial charge >= 0.3 is 0 Å². The maximum atomic E-state index is 11.9. The van der Waals surface area contributed by atoms with Crippen molar-refractivity contribution in [1.82, 2.24) is 10.6 Å². The predicted octanol–water partition coefficient (Wildman–Crippen LogP) is 2.70. The third kappa shape index (κ3) is 5.35. The topological polar surface area (TPSA) is 41.1 Å². The summed E-state index contributed by atoms with van der Waals surface area (Å²) in [6, 6.07) is 0.996. The first-order valence-electron chi connectivity index (χ1n) is 7.92. The van der Waals surface area contributed by atoms with Crippen LogP contribution in [0.25, 0.3) is 0 Å². The highest BCUT2D eigenvalue weighted by molar-refractivity contribution is 7.99. The molecule has 0 bridgehead atoms. The van der Waals surface area contributed by atoms with Crippen LogP contribution in [0.3, 0.4) is 0 Å². The third-order valence-electron chi connectivity index (χ3n) is 4.31. The number of thioether (sulfide) groups is 1. The van der Waals surface area contributed by atoms with Crippen LogP contribution in [0.5, 0.6) is 0 Å². The van der Waals surface area contributed by atoms with Gasteiger partial charge in [-0.1, -0.05) is 26.2 Å². The van der Waals surface area contributed by atoms with Crippen LogP contribution in [0.4, 0.5) is 0 Å². The van der Waals surface area contributed by atoms with Gasteiger partial charge in [0.25, 0.3) is 0 Å². The monoisotopic (exact) mass is 284 g/mol. The quantitative estimate of drug-likeness (QED) is 0.788. The molecule has 0 aliphatic heterocycles. The van der Waals surface area contributed by atoms with E-state index in [1.807, 2.05) is 0 Å². The standard InChI is InChI=1S/C15H28N2OS/c1-2-19-14-9-8-13(10-14)16-11-15(18)17-12-6-4-3-5-7-12/h12-14,16H,2-11H2,1H3,(H,17,18). The molecule has 2 atom stereocenters. The minimum Gasteiger partial charge on any atom is -0.352 e. The van der Waals surface area contributed by atoms with Crippen LogP contribution >= 0.6 is 11.8 Å². The zero-order chi connectivity index (χ0) is 13.5. The molecular weight excluding hydrogens is 256 g/mol. The van der Waals surface area contributed by atoms with E-state index in [4.69, 9.17) is 0 Å². The Kier molecular flexibility index (Phi) is 6.51. The van der Waals surface area contributed by atoms with E-state index < -0.39 is 0 Å². The summed E-state index contributed by atoms with van der Waals surface area (Å²) in [5.41, 5.74) is 0. The van der Waals surface area contributed by atoms with Gasteiger partial charge in [0.15, 0.2) is 0 Å². The van der Waals surface area contributed by atoms with E-state index in [1.165, 1.54) is 57.1 Å². The molecule has 19 heavy (non-hydrogen) atoms. The molecule has 2 aliphatic carbocycles. The molecule has 0 spiro atoms. The molecule has 3 nitrogen and oxygen atoms in total. The Morgan fingerprint density at radius 2 is 1.89 bits per heavy atom. The van der Waals surface area contributed by atoms with Crippen LogP contribution in [0, 0.1) is 0 Å². The van der Waals surface area contributed by atoms with Crippen LogP contribution < -0.4 is 10.6 Å². The summed E-state index contributed by atoms with van der Waals surface area (Å²) in [4.78, 5) is 11.9. The summed E-state index contributed by atoms with van der Waals surface area (Å²) in [7, 11) is 0. The highest BCUT2D eigenvalue weighted by Crippen LogP contribution is 2.29. The first-order chi connectivity index (χ1) is 9.28. The molecule has 0 saturated heterocycles. The van der Waals surface area contributed by atoms with Gasteiger partial charge in [-0.25, -0.2) is 0 Å². The molecule has 2 rings (SSSR count). The molecule has 2 fully saturated rings.